The zero-order valence-electron chi connectivity index (χ0n) is 13.5. The van der Waals surface area contributed by atoms with Crippen LogP contribution in [0.25, 0.3) is 0 Å². The first-order chi connectivity index (χ1) is 11.1. The normalized spacial score (nSPS) is 11.5. The van der Waals surface area contributed by atoms with Gasteiger partial charge in [-0.3, -0.25) is 4.72 Å². The molecule has 2 aromatic carbocycles. The first kappa shape index (κ1) is 18.1. The molecule has 0 amide bonds. The van der Waals surface area contributed by atoms with E-state index in [2.05, 4.69) is 0 Å². The van der Waals surface area contributed by atoms with Crippen molar-refractivity contribution < 1.29 is 26.3 Å². The zero-order valence-corrected chi connectivity index (χ0v) is 14.3. The van der Waals surface area contributed by atoms with E-state index in [-0.39, 0.29) is 4.90 Å². The van der Waals surface area contributed by atoms with Crippen molar-refractivity contribution in [2.75, 3.05) is 11.8 Å². The quantitative estimate of drug-likeness (QED) is 0.844. The summed E-state index contributed by atoms with van der Waals surface area (Å²) in [4.78, 5) is -0.0649. The summed E-state index contributed by atoms with van der Waals surface area (Å²) in [5.74, 6) is -4.22. The number of rotatable bonds is 4. The number of hydrogen-bond acceptors (Lipinski definition) is 3. The second-order valence-electron chi connectivity index (χ2n) is 5.30. The molecule has 0 aromatic heterocycles. The minimum atomic E-state index is -4.21. The van der Waals surface area contributed by atoms with E-state index in [1.807, 2.05) is 4.72 Å². The first-order valence-corrected chi connectivity index (χ1v) is 8.39. The Morgan fingerprint density at radius 1 is 1.00 bits per heavy atom. The number of methoxy groups -OCH3 is 1. The van der Waals surface area contributed by atoms with E-state index in [1.165, 1.54) is 7.11 Å². The van der Waals surface area contributed by atoms with Crippen molar-refractivity contribution >= 4 is 15.7 Å². The fourth-order valence-corrected chi connectivity index (χ4v) is 4.04. The topological polar surface area (TPSA) is 55.4 Å². The van der Waals surface area contributed by atoms with Crippen molar-refractivity contribution in [1.82, 2.24) is 0 Å². The van der Waals surface area contributed by atoms with Crippen LogP contribution in [-0.2, 0) is 10.0 Å². The van der Waals surface area contributed by atoms with E-state index in [0.717, 1.165) is 6.07 Å². The van der Waals surface area contributed by atoms with Crippen LogP contribution in [0, 0.1) is 38.2 Å². The van der Waals surface area contributed by atoms with Gasteiger partial charge in [-0.1, -0.05) is 0 Å². The summed E-state index contributed by atoms with van der Waals surface area (Å²) < 4.78 is 72.4. The number of anilines is 1. The van der Waals surface area contributed by atoms with Crippen LogP contribution in [0.2, 0.25) is 0 Å². The summed E-state index contributed by atoms with van der Waals surface area (Å²) in [6.45, 7) is 4.83. The Morgan fingerprint density at radius 2 is 1.62 bits per heavy atom. The maximum Gasteiger partial charge on any atom is 0.262 e. The highest BCUT2D eigenvalue weighted by Crippen LogP contribution is 2.32. The van der Waals surface area contributed by atoms with Gasteiger partial charge in [-0.05, 0) is 55.7 Å². The molecule has 24 heavy (non-hydrogen) atoms. The van der Waals surface area contributed by atoms with Crippen molar-refractivity contribution in [3.63, 3.8) is 0 Å². The Balaban J connectivity index is 2.57. The Hall–Kier alpha value is -2.22. The average Bonchev–Trinajstić information content (AvgIpc) is 2.51. The lowest BCUT2D eigenvalue weighted by atomic mass is 10.1. The summed E-state index contributed by atoms with van der Waals surface area (Å²) >= 11 is 0. The van der Waals surface area contributed by atoms with Gasteiger partial charge < -0.3 is 4.74 Å². The molecular formula is C16H16F3NO3S. The SMILES string of the molecule is COc1cc(C)c(S(=O)(=O)Nc2ccc(F)c(F)c2F)c(C)c1C. The summed E-state index contributed by atoms with van der Waals surface area (Å²) in [6, 6.07) is 3.01. The molecule has 8 heteroatoms. The molecule has 0 aliphatic carbocycles. The van der Waals surface area contributed by atoms with Crippen molar-refractivity contribution in [2.24, 2.45) is 0 Å². The van der Waals surface area contributed by atoms with Crippen molar-refractivity contribution in [3.8, 4) is 5.75 Å². The molecule has 0 heterocycles. The van der Waals surface area contributed by atoms with Gasteiger partial charge >= 0.3 is 0 Å². The molecule has 0 aliphatic heterocycles. The van der Waals surface area contributed by atoms with Crippen LogP contribution >= 0.6 is 0 Å². The van der Waals surface area contributed by atoms with E-state index in [4.69, 9.17) is 4.74 Å². The Bertz CT molecular complexity index is 912. The summed E-state index contributed by atoms with van der Waals surface area (Å²) in [6.07, 6.45) is 0. The molecule has 0 fully saturated rings. The van der Waals surface area contributed by atoms with Gasteiger partial charge in [0.25, 0.3) is 10.0 Å². The molecule has 0 saturated heterocycles. The number of hydrogen-bond donors (Lipinski definition) is 1. The van der Waals surface area contributed by atoms with E-state index in [9.17, 15) is 21.6 Å². The molecule has 2 aromatic rings. The molecule has 0 unspecified atom stereocenters. The van der Waals surface area contributed by atoms with Crippen LogP contribution in [0.3, 0.4) is 0 Å². The number of sulfonamides is 1. The summed E-state index contributed by atoms with van der Waals surface area (Å²) in [7, 11) is -2.75. The molecule has 0 atom stereocenters. The van der Waals surface area contributed by atoms with E-state index < -0.39 is 33.2 Å². The van der Waals surface area contributed by atoms with Gasteiger partial charge in [-0.25, -0.2) is 21.6 Å². The van der Waals surface area contributed by atoms with E-state index in [0.29, 0.717) is 28.5 Å². The van der Waals surface area contributed by atoms with Crippen LogP contribution in [-0.4, -0.2) is 15.5 Å². The molecule has 130 valence electrons. The van der Waals surface area contributed by atoms with Gasteiger partial charge in [0, 0.05) is 0 Å². The van der Waals surface area contributed by atoms with Gasteiger partial charge in [0.1, 0.15) is 5.75 Å². The van der Waals surface area contributed by atoms with Crippen LogP contribution in [0.5, 0.6) is 5.75 Å². The minimum absolute atomic E-state index is 0.0649. The molecule has 0 saturated carbocycles. The van der Waals surface area contributed by atoms with Crippen molar-refractivity contribution in [2.45, 2.75) is 25.7 Å². The van der Waals surface area contributed by atoms with Gasteiger partial charge in [0.05, 0.1) is 17.7 Å². The van der Waals surface area contributed by atoms with Crippen molar-refractivity contribution in [1.29, 1.82) is 0 Å². The predicted octanol–water partition coefficient (Wildman–Crippen LogP) is 3.84. The molecule has 2 rings (SSSR count). The number of benzene rings is 2. The molecule has 4 nitrogen and oxygen atoms in total. The fourth-order valence-electron chi connectivity index (χ4n) is 2.45. The molecule has 0 aliphatic rings. The second-order valence-corrected chi connectivity index (χ2v) is 6.92. The largest absolute Gasteiger partial charge is 0.496 e. The van der Waals surface area contributed by atoms with Gasteiger partial charge in [-0.15, -0.1) is 0 Å². The minimum Gasteiger partial charge on any atom is -0.496 e. The number of aryl methyl sites for hydroxylation is 1. The first-order valence-electron chi connectivity index (χ1n) is 6.91. The third-order valence-electron chi connectivity index (χ3n) is 3.75. The highest BCUT2D eigenvalue weighted by Gasteiger charge is 2.25. The average molecular weight is 359 g/mol. The molecule has 0 radical (unpaired) electrons. The summed E-state index contributed by atoms with van der Waals surface area (Å²) in [5, 5.41) is 0. The van der Waals surface area contributed by atoms with Crippen LogP contribution in [0.1, 0.15) is 16.7 Å². The molecule has 1 N–H and O–H groups in total. The Kier molecular flexibility index (Phi) is 4.80. The zero-order chi connectivity index (χ0) is 18.2. The fraction of sp³-hybridized carbons (Fsp3) is 0.250. The smallest absolute Gasteiger partial charge is 0.262 e. The lowest BCUT2D eigenvalue weighted by Crippen LogP contribution is -2.18. The van der Waals surface area contributed by atoms with Gasteiger partial charge in [0.15, 0.2) is 17.5 Å². The van der Waals surface area contributed by atoms with E-state index in [1.54, 1.807) is 26.8 Å². The number of nitrogens with one attached hydrogen (secondary N) is 1. The third-order valence-corrected chi connectivity index (χ3v) is 5.40. The molecule has 0 bridgehead atoms. The van der Waals surface area contributed by atoms with Crippen LogP contribution in [0.4, 0.5) is 18.9 Å². The second kappa shape index (κ2) is 6.35. The van der Waals surface area contributed by atoms with Crippen molar-refractivity contribution in [3.05, 3.63) is 52.3 Å². The summed E-state index contributed by atoms with van der Waals surface area (Å²) in [5.41, 5.74) is 0.739. The predicted molar refractivity (Wildman–Crippen MR) is 84.3 cm³/mol. The lowest BCUT2D eigenvalue weighted by Gasteiger charge is -2.17. The number of ether oxygens (including phenoxy) is 1. The maximum absolute atomic E-state index is 13.7. The van der Waals surface area contributed by atoms with Gasteiger partial charge in [0.2, 0.25) is 0 Å². The highest BCUT2D eigenvalue weighted by atomic mass is 32.2. The Labute approximate surface area is 138 Å². The monoisotopic (exact) mass is 359 g/mol. The molecular weight excluding hydrogens is 343 g/mol. The number of halogens is 3. The van der Waals surface area contributed by atoms with E-state index >= 15 is 0 Å². The third kappa shape index (κ3) is 3.06. The van der Waals surface area contributed by atoms with Crippen LogP contribution < -0.4 is 9.46 Å². The van der Waals surface area contributed by atoms with Gasteiger partial charge in [-0.2, -0.15) is 0 Å². The molecule has 0 spiro atoms. The Morgan fingerprint density at radius 3 is 2.21 bits per heavy atom. The van der Waals surface area contributed by atoms with Crippen LogP contribution in [0.15, 0.2) is 23.1 Å². The maximum atomic E-state index is 13.7. The highest BCUT2D eigenvalue weighted by molar-refractivity contribution is 7.92. The standard InChI is InChI=1S/C16H16F3NO3S/c1-8-7-13(23-4)9(2)10(3)16(8)24(21,22)20-12-6-5-11(17)14(18)15(12)19/h5-7,20H,1-4H3. The lowest BCUT2D eigenvalue weighted by molar-refractivity contribution is 0.410.